The van der Waals surface area contributed by atoms with Crippen molar-refractivity contribution in [1.82, 2.24) is 0 Å². The third kappa shape index (κ3) is 4.45. The Kier molecular flexibility index (Phi) is 5.24. The zero-order chi connectivity index (χ0) is 18.4. The number of ether oxygens (including phenoxy) is 1. The summed E-state index contributed by atoms with van der Waals surface area (Å²) < 4.78 is 5.10. The van der Waals surface area contributed by atoms with Crippen molar-refractivity contribution in [3.63, 3.8) is 0 Å². The number of phenols is 2. The van der Waals surface area contributed by atoms with Gasteiger partial charge in [-0.05, 0) is 66.7 Å². The second-order valence-corrected chi connectivity index (χ2v) is 5.42. The predicted molar refractivity (Wildman–Crippen MR) is 101 cm³/mol. The number of hydrogen-bond donors (Lipinski definition) is 2. The molecule has 0 aliphatic rings. The van der Waals surface area contributed by atoms with Crippen LogP contribution in [0.3, 0.4) is 0 Å². The number of aliphatic imine (C=N–C) groups is 1. The average molecular weight is 347 g/mol. The van der Waals surface area contributed by atoms with E-state index >= 15 is 0 Å². The van der Waals surface area contributed by atoms with E-state index in [9.17, 15) is 10.2 Å². The van der Waals surface area contributed by atoms with Gasteiger partial charge in [0.2, 0.25) is 0 Å². The van der Waals surface area contributed by atoms with Gasteiger partial charge in [0.25, 0.3) is 0 Å². The highest BCUT2D eigenvalue weighted by Crippen LogP contribution is 2.26. The molecule has 0 bridgehead atoms. The minimum atomic E-state index is 0.0934. The minimum absolute atomic E-state index is 0.0934. The van der Waals surface area contributed by atoms with Crippen LogP contribution in [-0.4, -0.2) is 23.5 Å². The lowest BCUT2D eigenvalue weighted by molar-refractivity contribution is 0.415. The van der Waals surface area contributed by atoms with E-state index in [1.165, 1.54) is 6.21 Å². The fourth-order valence-corrected chi connectivity index (χ4v) is 2.15. The largest absolute Gasteiger partial charge is 0.508 e. The summed E-state index contributed by atoms with van der Waals surface area (Å²) in [6.07, 6.45) is 1.54. The maximum Gasteiger partial charge on any atom is 0.124 e. The molecule has 0 saturated heterocycles. The Labute approximate surface area is 150 Å². The maximum atomic E-state index is 9.98. The molecule has 6 nitrogen and oxygen atoms in total. The number of benzene rings is 3. The van der Waals surface area contributed by atoms with Crippen LogP contribution in [0.25, 0.3) is 0 Å². The number of azo groups is 1. The Morgan fingerprint density at radius 1 is 0.769 bits per heavy atom. The molecular weight excluding hydrogens is 330 g/mol. The number of nitrogens with zero attached hydrogens (tertiary/aromatic N) is 3. The van der Waals surface area contributed by atoms with Gasteiger partial charge in [0, 0.05) is 11.8 Å². The summed E-state index contributed by atoms with van der Waals surface area (Å²) in [5.41, 5.74) is 2.46. The molecule has 0 saturated carbocycles. The zero-order valence-corrected chi connectivity index (χ0v) is 14.1. The molecule has 0 unspecified atom stereocenters. The molecule has 0 radical (unpaired) electrons. The van der Waals surface area contributed by atoms with Gasteiger partial charge in [0.05, 0.1) is 24.2 Å². The monoisotopic (exact) mass is 347 g/mol. The van der Waals surface area contributed by atoms with Gasteiger partial charge < -0.3 is 14.9 Å². The normalized spacial score (nSPS) is 11.3. The fourth-order valence-electron chi connectivity index (χ4n) is 2.15. The summed E-state index contributed by atoms with van der Waals surface area (Å²) in [6, 6.07) is 18.6. The first-order valence-electron chi connectivity index (χ1n) is 7.86. The third-order valence-corrected chi connectivity index (χ3v) is 3.57. The number of phenolic OH excluding ortho intramolecular Hbond substituents is 2. The van der Waals surface area contributed by atoms with E-state index in [1.807, 2.05) is 0 Å². The van der Waals surface area contributed by atoms with Gasteiger partial charge in [-0.3, -0.25) is 4.99 Å². The molecule has 6 heteroatoms. The topological polar surface area (TPSA) is 86.8 Å². The first-order chi connectivity index (χ1) is 12.6. The molecule has 3 aromatic carbocycles. The Balaban J connectivity index is 1.78. The van der Waals surface area contributed by atoms with Gasteiger partial charge >= 0.3 is 0 Å². The van der Waals surface area contributed by atoms with Crippen LogP contribution >= 0.6 is 0 Å². The molecule has 26 heavy (non-hydrogen) atoms. The van der Waals surface area contributed by atoms with Gasteiger partial charge in [0.1, 0.15) is 17.2 Å². The lowest BCUT2D eigenvalue weighted by atomic mass is 10.2. The summed E-state index contributed by atoms with van der Waals surface area (Å²) in [5.74, 6) is 1.02. The van der Waals surface area contributed by atoms with Crippen LogP contribution in [0.2, 0.25) is 0 Å². The van der Waals surface area contributed by atoms with Crippen molar-refractivity contribution in [2.24, 2.45) is 15.2 Å². The Morgan fingerprint density at radius 2 is 1.38 bits per heavy atom. The zero-order valence-electron chi connectivity index (χ0n) is 14.1. The quantitative estimate of drug-likeness (QED) is 0.487. The van der Waals surface area contributed by atoms with Crippen LogP contribution in [0.4, 0.5) is 17.1 Å². The number of rotatable bonds is 5. The van der Waals surface area contributed by atoms with Gasteiger partial charge in [-0.1, -0.05) is 0 Å². The van der Waals surface area contributed by atoms with Gasteiger partial charge in [-0.2, -0.15) is 10.2 Å². The van der Waals surface area contributed by atoms with Crippen LogP contribution in [-0.2, 0) is 0 Å². The van der Waals surface area contributed by atoms with E-state index < -0.39 is 0 Å². The molecule has 0 spiro atoms. The Morgan fingerprint density at radius 3 is 2.08 bits per heavy atom. The lowest BCUT2D eigenvalue weighted by Gasteiger charge is -2.01. The van der Waals surface area contributed by atoms with E-state index in [-0.39, 0.29) is 11.5 Å². The van der Waals surface area contributed by atoms with Crippen molar-refractivity contribution in [2.75, 3.05) is 7.11 Å². The summed E-state index contributed by atoms with van der Waals surface area (Å²) in [7, 11) is 1.61. The molecule has 3 aromatic rings. The second kappa shape index (κ2) is 7.94. The van der Waals surface area contributed by atoms with Crippen LogP contribution in [0, 0.1) is 0 Å². The highest BCUT2D eigenvalue weighted by molar-refractivity contribution is 5.86. The number of hydrogen-bond acceptors (Lipinski definition) is 6. The molecule has 2 N–H and O–H groups in total. The van der Waals surface area contributed by atoms with Crippen molar-refractivity contribution in [3.8, 4) is 17.2 Å². The molecule has 0 amide bonds. The molecule has 0 aromatic heterocycles. The first-order valence-corrected chi connectivity index (χ1v) is 7.86. The van der Waals surface area contributed by atoms with E-state index in [0.717, 1.165) is 5.75 Å². The van der Waals surface area contributed by atoms with Crippen LogP contribution in [0.15, 0.2) is 82.0 Å². The standard InChI is InChI=1S/C20H17N3O3/c1-26-19-9-4-16(5-10-19)22-23-17-6-11-20(25)14(12-17)13-21-15-2-7-18(24)8-3-15/h2-13,24-25H,1H3. The van der Waals surface area contributed by atoms with E-state index in [4.69, 9.17) is 4.74 Å². The second-order valence-electron chi connectivity index (χ2n) is 5.42. The van der Waals surface area contributed by atoms with Crippen LogP contribution in [0.1, 0.15) is 5.56 Å². The van der Waals surface area contributed by atoms with Crippen molar-refractivity contribution in [3.05, 3.63) is 72.3 Å². The molecular formula is C20H17N3O3. The Hall–Kier alpha value is -3.67. The molecule has 0 aliphatic carbocycles. The summed E-state index contributed by atoms with van der Waals surface area (Å²) in [5, 5.41) is 27.6. The molecule has 0 heterocycles. The lowest BCUT2D eigenvalue weighted by Crippen LogP contribution is -1.82. The smallest absolute Gasteiger partial charge is 0.124 e. The summed E-state index contributed by atoms with van der Waals surface area (Å²) in [4.78, 5) is 4.27. The van der Waals surface area contributed by atoms with E-state index in [2.05, 4.69) is 15.2 Å². The molecule has 0 atom stereocenters. The summed E-state index contributed by atoms with van der Waals surface area (Å²) in [6.45, 7) is 0. The Bertz CT molecular complexity index is 934. The fraction of sp³-hybridized carbons (Fsp3) is 0.0500. The average Bonchev–Trinajstić information content (AvgIpc) is 2.68. The molecule has 0 aliphatic heterocycles. The van der Waals surface area contributed by atoms with Crippen LogP contribution < -0.4 is 4.74 Å². The van der Waals surface area contributed by atoms with Crippen molar-refractivity contribution in [1.29, 1.82) is 0 Å². The van der Waals surface area contributed by atoms with E-state index in [1.54, 1.807) is 73.8 Å². The number of aromatic hydroxyl groups is 2. The molecule has 0 fully saturated rings. The third-order valence-electron chi connectivity index (χ3n) is 3.57. The van der Waals surface area contributed by atoms with Crippen LogP contribution in [0.5, 0.6) is 17.2 Å². The van der Waals surface area contributed by atoms with E-state index in [0.29, 0.717) is 22.6 Å². The first kappa shape index (κ1) is 17.2. The SMILES string of the molecule is COc1ccc(N=Nc2ccc(O)c(C=Nc3ccc(O)cc3)c2)cc1. The van der Waals surface area contributed by atoms with Crippen molar-refractivity contribution >= 4 is 23.3 Å². The van der Waals surface area contributed by atoms with Crippen molar-refractivity contribution in [2.45, 2.75) is 0 Å². The highest BCUT2D eigenvalue weighted by Gasteiger charge is 2.01. The van der Waals surface area contributed by atoms with Gasteiger partial charge in [-0.15, -0.1) is 0 Å². The predicted octanol–water partition coefficient (Wildman–Crippen LogP) is 5.27. The maximum absolute atomic E-state index is 9.98. The minimum Gasteiger partial charge on any atom is -0.508 e. The summed E-state index contributed by atoms with van der Waals surface area (Å²) >= 11 is 0. The molecule has 3 rings (SSSR count). The van der Waals surface area contributed by atoms with Gasteiger partial charge in [-0.25, -0.2) is 0 Å². The van der Waals surface area contributed by atoms with Crippen molar-refractivity contribution < 1.29 is 14.9 Å². The van der Waals surface area contributed by atoms with Gasteiger partial charge in [0.15, 0.2) is 0 Å². The molecule has 130 valence electrons. The number of methoxy groups -OCH3 is 1. The highest BCUT2D eigenvalue weighted by atomic mass is 16.5.